The van der Waals surface area contributed by atoms with Gasteiger partial charge in [-0.25, -0.2) is 17.2 Å². The minimum absolute atomic E-state index is 0.0324. The molecule has 4 rings (SSSR count). The number of piperidine rings is 1. The molecule has 2 aliphatic heterocycles. The molecule has 1 aliphatic carbocycles. The lowest BCUT2D eigenvalue weighted by Gasteiger charge is -2.43. The number of amides is 1. The first kappa shape index (κ1) is 20.7. The quantitative estimate of drug-likeness (QED) is 0.723. The first-order valence-corrected chi connectivity index (χ1v) is 11.7. The van der Waals surface area contributed by atoms with Crippen LogP contribution >= 0.6 is 0 Å². The second kappa shape index (κ2) is 8.28. The van der Waals surface area contributed by atoms with Crippen molar-refractivity contribution in [3.63, 3.8) is 0 Å². The van der Waals surface area contributed by atoms with E-state index in [1.807, 2.05) is 4.90 Å². The maximum absolute atomic E-state index is 14.0. The Kier molecular flexibility index (Phi) is 5.90. The molecule has 0 bridgehead atoms. The van der Waals surface area contributed by atoms with E-state index in [2.05, 4.69) is 0 Å². The lowest BCUT2D eigenvalue weighted by atomic mass is 9.98. The van der Waals surface area contributed by atoms with Gasteiger partial charge in [0.15, 0.2) is 0 Å². The second-order valence-electron chi connectivity index (χ2n) is 8.07. The molecule has 3 aliphatic rings. The SMILES string of the molecule is O=C(C1CC1)N(C1CCOCC1)C1CCN(S(=O)(=O)c2cc(F)ccc2F)CC1. The second-order valence-corrected chi connectivity index (χ2v) is 9.98. The van der Waals surface area contributed by atoms with Gasteiger partial charge in [-0.2, -0.15) is 4.31 Å². The molecule has 0 unspecified atom stereocenters. The van der Waals surface area contributed by atoms with Crippen LogP contribution in [0.15, 0.2) is 23.1 Å². The molecule has 2 saturated heterocycles. The summed E-state index contributed by atoms with van der Waals surface area (Å²) in [4.78, 5) is 14.3. The summed E-state index contributed by atoms with van der Waals surface area (Å²) in [5, 5.41) is 0. The molecule has 0 N–H and O–H groups in total. The lowest BCUT2D eigenvalue weighted by molar-refractivity contribution is -0.141. The van der Waals surface area contributed by atoms with Crippen LogP contribution in [0.1, 0.15) is 38.5 Å². The Hall–Kier alpha value is -1.58. The Morgan fingerprint density at radius 2 is 1.62 bits per heavy atom. The third kappa shape index (κ3) is 4.32. The van der Waals surface area contributed by atoms with Crippen LogP contribution in [-0.4, -0.2) is 61.9 Å². The van der Waals surface area contributed by atoms with Crippen molar-refractivity contribution in [2.24, 2.45) is 5.92 Å². The van der Waals surface area contributed by atoms with Crippen LogP contribution in [0.2, 0.25) is 0 Å². The van der Waals surface area contributed by atoms with Gasteiger partial charge in [0, 0.05) is 44.3 Å². The lowest BCUT2D eigenvalue weighted by Crippen LogP contribution is -2.54. The number of nitrogens with zero attached hydrogens (tertiary/aromatic N) is 2. The predicted octanol–water partition coefficient (Wildman–Crippen LogP) is 2.54. The highest BCUT2D eigenvalue weighted by atomic mass is 32.2. The Morgan fingerprint density at radius 3 is 2.24 bits per heavy atom. The minimum Gasteiger partial charge on any atom is -0.381 e. The Labute approximate surface area is 169 Å². The van der Waals surface area contributed by atoms with Crippen molar-refractivity contribution in [3.8, 4) is 0 Å². The van der Waals surface area contributed by atoms with Gasteiger partial charge < -0.3 is 9.64 Å². The van der Waals surface area contributed by atoms with Crippen molar-refractivity contribution in [3.05, 3.63) is 29.8 Å². The molecule has 160 valence electrons. The Morgan fingerprint density at radius 1 is 1.00 bits per heavy atom. The van der Waals surface area contributed by atoms with Gasteiger partial charge in [0.2, 0.25) is 15.9 Å². The van der Waals surface area contributed by atoms with E-state index in [9.17, 15) is 22.0 Å². The van der Waals surface area contributed by atoms with Crippen LogP contribution < -0.4 is 0 Å². The molecule has 3 fully saturated rings. The average molecular weight is 429 g/mol. The standard InChI is InChI=1S/C20H26F2N2O4S/c21-15-3-4-18(22)19(13-15)29(26,27)23-9-5-16(6-10-23)24(20(25)14-1-2-14)17-7-11-28-12-8-17/h3-4,13-14,16-17H,1-2,5-12H2. The van der Waals surface area contributed by atoms with Crippen molar-refractivity contribution in [1.82, 2.24) is 9.21 Å². The van der Waals surface area contributed by atoms with E-state index in [-0.39, 0.29) is 37.0 Å². The molecule has 6 nitrogen and oxygen atoms in total. The van der Waals surface area contributed by atoms with E-state index in [0.29, 0.717) is 26.1 Å². The highest BCUT2D eigenvalue weighted by molar-refractivity contribution is 7.89. The number of benzene rings is 1. The van der Waals surface area contributed by atoms with E-state index in [4.69, 9.17) is 4.74 Å². The topological polar surface area (TPSA) is 66.9 Å². The summed E-state index contributed by atoms with van der Waals surface area (Å²) < 4.78 is 59.8. The smallest absolute Gasteiger partial charge is 0.246 e. The molecule has 0 radical (unpaired) electrons. The molecule has 0 spiro atoms. The molecule has 1 saturated carbocycles. The zero-order chi connectivity index (χ0) is 20.6. The molecule has 29 heavy (non-hydrogen) atoms. The molecule has 9 heteroatoms. The summed E-state index contributed by atoms with van der Waals surface area (Å²) in [6.07, 6.45) is 4.42. The fraction of sp³-hybridized carbons (Fsp3) is 0.650. The Balaban J connectivity index is 1.48. The van der Waals surface area contributed by atoms with E-state index in [0.717, 1.165) is 43.9 Å². The van der Waals surface area contributed by atoms with E-state index >= 15 is 0 Å². The van der Waals surface area contributed by atoms with Crippen molar-refractivity contribution < 1.29 is 26.7 Å². The maximum Gasteiger partial charge on any atom is 0.246 e. The highest BCUT2D eigenvalue weighted by Gasteiger charge is 2.42. The van der Waals surface area contributed by atoms with Gasteiger partial charge in [0.1, 0.15) is 16.5 Å². The van der Waals surface area contributed by atoms with E-state index < -0.39 is 26.6 Å². The van der Waals surface area contributed by atoms with Gasteiger partial charge >= 0.3 is 0 Å². The molecular formula is C20H26F2N2O4S. The molecule has 0 aromatic heterocycles. The number of sulfonamides is 1. The summed E-state index contributed by atoms with van der Waals surface area (Å²) >= 11 is 0. The van der Waals surface area contributed by atoms with Crippen molar-refractivity contribution in [2.45, 2.75) is 55.5 Å². The van der Waals surface area contributed by atoms with Crippen molar-refractivity contribution in [1.29, 1.82) is 0 Å². The number of hydrogen-bond acceptors (Lipinski definition) is 4. The Bertz CT molecular complexity index is 861. The minimum atomic E-state index is -4.12. The molecule has 2 heterocycles. The number of halogens is 2. The van der Waals surface area contributed by atoms with Crippen molar-refractivity contribution in [2.75, 3.05) is 26.3 Å². The van der Waals surface area contributed by atoms with Crippen LogP contribution in [-0.2, 0) is 19.6 Å². The number of ether oxygens (including phenoxy) is 1. The maximum atomic E-state index is 14.0. The van der Waals surface area contributed by atoms with Crippen LogP contribution in [0, 0.1) is 17.6 Å². The van der Waals surface area contributed by atoms with Crippen LogP contribution in [0.3, 0.4) is 0 Å². The monoisotopic (exact) mass is 428 g/mol. The summed E-state index contributed by atoms with van der Waals surface area (Å²) in [6, 6.07) is 2.55. The van der Waals surface area contributed by atoms with Gasteiger partial charge in [-0.05, 0) is 56.7 Å². The number of carbonyl (C=O) groups excluding carboxylic acids is 1. The first-order chi connectivity index (χ1) is 13.9. The molecule has 1 aromatic carbocycles. The summed E-state index contributed by atoms with van der Waals surface area (Å²) in [5.74, 6) is -1.47. The van der Waals surface area contributed by atoms with Gasteiger partial charge in [-0.15, -0.1) is 0 Å². The molecule has 1 amide bonds. The highest BCUT2D eigenvalue weighted by Crippen LogP contribution is 2.36. The number of rotatable bonds is 5. The van der Waals surface area contributed by atoms with Crippen molar-refractivity contribution >= 4 is 15.9 Å². The third-order valence-electron chi connectivity index (χ3n) is 6.09. The largest absolute Gasteiger partial charge is 0.381 e. The summed E-state index contributed by atoms with van der Waals surface area (Å²) in [5.41, 5.74) is 0. The van der Waals surface area contributed by atoms with E-state index in [1.54, 1.807) is 0 Å². The van der Waals surface area contributed by atoms with Gasteiger partial charge in [-0.1, -0.05) is 0 Å². The summed E-state index contributed by atoms with van der Waals surface area (Å²) in [6.45, 7) is 1.62. The molecule has 0 atom stereocenters. The third-order valence-corrected chi connectivity index (χ3v) is 8.01. The molecule has 1 aromatic rings. The number of hydrogen-bond donors (Lipinski definition) is 0. The van der Waals surface area contributed by atoms with Crippen LogP contribution in [0.5, 0.6) is 0 Å². The first-order valence-electron chi connectivity index (χ1n) is 10.2. The zero-order valence-corrected chi connectivity index (χ0v) is 17.0. The van der Waals surface area contributed by atoms with E-state index in [1.165, 1.54) is 4.31 Å². The van der Waals surface area contributed by atoms with Gasteiger partial charge in [0.05, 0.1) is 0 Å². The van der Waals surface area contributed by atoms with Crippen LogP contribution in [0.25, 0.3) is 0 Å². The average Bonchev–Trinajstić information content (AvgIpc) is 3.56. The van der Waals surface area contributed by atoms with Gasteiger partial charge in [-0.3, -0.25) is 4.79 Å². The zero-order valence-electron chi connectivity index (χ0n) is 16.2. The van der Waals surface area contributed by atoms with Crippen LogP contribution in [0.4, 0.5) is 8.78 Å². The number of carbonyl (C=O) groups is 1. The van der Waals surface area contributed by atoms with Gasteiger partial charge in [0.25, 0.3) is 0 Å². The predicted molar refractivity (Wildman–Crippen MR) is 102 cm³/mol. The normalized spacial score (nSPS) is 22.6. The summed E-state index contributed by atoms with van der Waals surface area (Å²) in [7, 11) is -4.12. The fourth-order valence-corrected chi connectivity index (χ4v) is 5.88. The fourth-order valence-electron chi connectivity index (χ4n) is 4.34. The molecular weight excluding hydrogens is 402 g/mol.